The van der Waals surface area contributed by atoms with E-state index in [4.69, 9.17) is 9.84 Å². The van der Waals surface area contributed by atoms with Gasteiger partial charge in [0.15, 0.2) is 0 Å². The first-order valence-corrected chi connectivity index (χ1v) is 5.33. The number of nitrogens with zero attached hydrogens (tertiary/aromatic N) is 1. The monoisotopic (exact) mass is 265 g/mol. The second-order valence-corrected chi connectivity index (χ2v) is 3.67. The van der Waals surface area contributed by atoms with Crippen molar-refractivity contribution < 1.29 is 23.4 Å². The summed E-state index contributed by atoms with van der Waals surface area (Å²) < 4.78 is 31.8. The number of ether oxygens (including phenoxy) is 1. The number of hydrogen-bond acceptors (Lipinski definition) is 3. The van der Waals surface area contributed by atoms with Crippen LogP contribution in [0.3, 0.4) is 0 Å². The summed E-state index contributed by atoms with van der Waals surface area (Å²) >= 11 is 0. The van der Waals surface area contributed by atoms with Crippen molar-refractivity contribution in [1.82, 2.24) is 4.98 Å². The molecule has 1 aromatic carbocycles. The molecule has 0 fully saturated rings. The lowest BCUT2D eigenvalue weighted by Crippen LogP contribution is -2.03. The third-order valence-corrected chi connectivity index (χ3v) is 2.40. The van der Waals surface area contributed by atoms with E-state index < -0.39 is 17.6 Å². The van der Waals surface area contributed by atoms with Crippen LogP contribution in [-0.2, 0) is 6.61 Å². The molecule has 6 heteroatoms. The number of carboxylic acids is 1. The Hall–Kier alpha value is -2.50. The quantitative estimate of drug-likeness (QED) is 0.923. The predicted molar refractivity (Wildman–Crippen MR) is 61.9 cm³/mol. The molecular formula is C13H9F2NO3. The van der Waals surface area contributed by atoms with Crippen molar-refractivity contribution in [3.63, 3.8) is 0 Å². The maximum absolute atomic E-state index is 13.3. The Bertz CT molecular complexity index is 579. The third kappa shape index (κ3) is 3.04. The normalized spacial score (nSPS) is 10.2. The SMILES string of the molecule is O=C(O)c1ccc(OCc2c(F)cccc2F)cn1. The average Bonchev–Trinajstić information content (AvgIpc) is 2.38. The minimum Gasteiger partial charge on any atom is -0.487 e. The molecule has 0 aliphatic carbocycles. The number of hydrogen-bond donors (Lipinski definition) is 1. The van der Waals surface area contributed by atoms with Gasteiger partial charge in [0.05, 0.1) is 11.8 Å². The predicted octanol–water partition coefficient (Wildman–Crippen LogP) is 2.64. The zero-order valence-electron chi connectivity index (χ0n) is 9.64. The molecule has 1 heterocycles. The number of carbonyl (C=O) groups is 1. The van der Waals surface area contributed by atoms with Crippen LogP contribution in [0.1, 0.15) is 16.1 Å². The van der Waals surface area contributed by atoms with Gasteiger partial charge in [0.1, 0.15) is 29.7 Å². The van der Waals surface area contributed by atoms with Crippen molar-refractivity contribution in [2.45, 2.75) is 6.61 Å². The highest BCUT2D eigenvalue weighted by Crippen LogP contribution is 2.16. The smallest absolute Gasteiger partial charge is 0.354 e. The van der Waals surface area contributed by atoms with Gasteiger partial charge in [0.2, 0.25) is 0 Å². The molecule has 19 heavy (non-hydrogen) atoms. The standard InChI is InChI=1S/C13H9F2NO3/c14-10-2-1-3-11(15)9(10)7-19-8-4-5-12(13(17)18)16-6-8/h1-6H,7H2,(H,17,18). The van der Waals surface area contributed by atoms with E-state index in [0.29, 0.717) is 0 Å². The highest BCUT2D eigenvalue weighted by molar-refractivity contribution is 5.85. The van der Waals surface area contributed by atoms with Crippen LogP contribution in [-0.4, -0.2) is 16.1 Å². The molecule has 0 saturated carbocycles. The Morgan fingerprint density at radius 3 is 2.42 bits per heavy atom. The molecule has 0 aliphatic rings. The zero-order valence-corrected chi connectivity index (χ0v) is 9.64. The molecule has 0 radical (unpaired) electrons. The summed E-state index contributed by atoms with van der Waals surface area (Å²) in [5.41, 5.74) is -0.325. The molecule has 2 aromatic rings. The van der Waals surface area contributed by atoms with Crippen molar-refractivity contribution in [3.8, 4) is 5.75 Å². The number of rotatable bonds is 4. The van der Waals surface area contributed by atoms with Crippen molar-refractivity contribution in [2.24, 2.45) is 0 Å². The molecule has 0 spiro atoms. The van der Waals surface area contributed by atoms with Gasteiger partial charge >= 0.3 is 5.97 Å². The zero-order chi connectivity index (χ0) is 13.8. The number of halogens is 2. The minimum atomic E-state index is -1.16. The van der Waals surface area contributed by atoms with Gasteiger partial charge in [0, 0.05) is 0 Å². The van der Waals surface area contributed by atoms with E-state index in [-0.39, 0.29) is 23.6 Å². The first kappa shape index (κ1) is 12.9. The molecule has 0 unspecified atom stereocenters. The Kier molecular flexibility index (Phi) is 3.70. The molecular weight excluding hydrogens is 256 g/mol. The summed E-state index contributed by atoms with van der Waals surface area (Å²) in [6, 6.07) is 6.14. The number of aromatic carboxylic acids is 1. The molecule has 0 atom stereocenters. The van der Waals surface area contributed by atoms with Gasteiger partial charge < -0.3 is 9.84 Å². The van der Waals surface area contributed by atoms with E-state index in [0.717, 1.165) is 12.1 Å². The van der Waals surface area contributed by atoms with Crippen LogP contribution in [0.25, 0.3) is 0 Å². The van der Waals surface area contributed by atoms with Crippen LogP contribution in [0.5, 0.6) is 5.75 Å². The minimum absolute atomic E-state index is 0.135. The van der Waals surface area contributed by atoms with Crippen molar-refractivity contribution in [1.29, 1.82) is 0 Å². The lowest BCUT2D eigenvalue weighted by Gasteiger charge is -2.07. The van der Waals surface area contributed by atoms with E-state index in [1.165, 1.54) is 24.4 Å². The highest BCUT2D eigenvalue weighted by atomic mass is 19.1. The van der Waals surface area contributed by atoms with Crippen LogP contribution in [0.4, 0.5) is 8.78 Å². The second kappa shape index (κ2) is 5.43. The van der Waals surface area contributed by atoms with Gasteiger partial charge in [-0.25, -0.2) is 18.6 Å². The summed E-state index contributed by atoms with van der Waals surface area (Å²) in [5, 5.41) is 8.65. The molecule has 2 rings (SSSR count). The van der Waals surface area contributed by atoms with Gasteiger partial charge in [-0.05, 0) is 24.3 Å². The van der Waals surface area contributed by atoms with E-state index in [9.17, 15) is 13.6 Å². The Morgan fingerprint density at radius 1 is 1.21 bits per heavy atom. The van der Waals surface area contributed by atoms with Crippen LogP contribution in [0.2, 0.25) is 0 Å². The van der Waals surface area contributed by atoms with Crippen LogP contribution in [0, 0.1) is 11.6 Å². The summed E-state index contributed by atoms with van der Waals surface area (Å²) in [4.78, 5) is 14.2. The van der Waals surface area contributed by atoms with Crippen molar-refractivity contribution in [3.05, 3.63) is 59.4 Å². The van der Waals surface area contributed by atoms with Crippen LogP contribution >= 0.6 is 0 Å². The summed E-state index contributed by atoms with van der Waals surface area (Å²) in [6.45, 7) is -0.299. The van der Waals surface area contributed by atoms with Crippen LogP contribution < -0.4 is 4.74 Å². The van der Waals surface area contributed by atoms with E-state index >= 15 is 0 Å². The van der Waals surface area contributed by atoms with Gasteiger partial charge in [-0.2, -0.15) is 0 Å². The van der Waals surface area contributed by atoms with Gasteiger partial charge in [0.25, 0.3) is 0 Å². The summed E-state index contributed by atoms with van der Waals surface area (Å²) in [6.07, 6.45) is 1.18. The number of benzene rings is 1. The largest absolute Gasteiger partial charge is 0.487 e. The Morgan fingerprint density at radius 2 is 1.89 bits per heavy atom. The van der Waals surface area contributed by atoms with Gasteiger partial charge in [-0.1, -0.05) is 6.07 Å². The van der Waals surface area contributed by atoms with Gasteiger partial charge in [-0.3, -0.25) is 0 Å². The fourth-order valence-electron chi connectivity index (χ4n) is 1.42. The van der Waals surface area contributed by atoms with Crippen molar-refractivity contribution in [2.75, 3.05) is 0 Å². The molecule has 0 bridgehead atoms. The maximum Gasteiger partial charge on any atom is 0.354 e. The third-order valence-electron chi connectivity index (χ3n) is 2.40. The first-order chi connectivity index (χ1) is 9.08. The highest BCUT2D eigenvalue weighted by Gasteiger charge is 2.09. The van der Waals surface area contributed by atoms with E-state index in [1.807, 2.05) is 0 Å². The fourth-order valence-corrected chi connectivity index (χ4v) is 1.42. The maximum atomic E-state index is 13.3. The molecule has 98 valence electrons. The lowest BCUT2D eigenvalue weighted by molar-refractivity contribution is 0.0690. The number of carboxylic acid groups (broad SMARTS) is 1. The molecule has 0 aliphatic heterocycles. The number of pyridine rings is 1. The Balaban J connectivity index is 2.08. The summed E-state index contributed by atoms with van der Waals surface area (Å²) in [5.74, 6) is -2.33. The van der Waals surface area contributed by atoms with Gasteiger partial charge in [-0.15, -0.1) is 0 Å². The van der Waals surface area contributed by atoms with Crippen LogP contribution in [0.15, 0.2) is 36.5 Å². The fraction of sp³-hybridized carbons (Fsp3) is 0.0769. The lowest BCUT2D eigenvalue weighted by atomic mass is 10.2. The topological polar surface area (TPSA) is 59.4 Å². The second-order valence-electron chi connectivity index (χ2n) is 3.67. The van der Waals surface area contributed by atoms with E-state index in [2.05, 4.69) is 4.98 Å². The molecule has 0 saturated heterocycles. The Labute approximate surface area is 107 Å². The number of aromatic nitrogens is 1. The molecule has 0 amide bonds. The molecule has 4 nitrogen and oxygen atoms in total. The molecule has 1 aromatic heterocycles. The van der Waals surface area contributed by atoms with Crippen molar-refractivity contribution >= 4 is 5.97 Å². The first-order valence-electron chi connectivity index (χ1n) is 5.33. The average molecular weight is 265 g/mol. The molecule has 1 N–H and O–H groups in total. The van der Waals surface area contributed by atoms with E-state index in [1.54, 1.807) is 0 Å². The summed E-state index contributed by atoms with van der Waals surface area (Å²) in [7, 11) is 0.